The number of aromatic nitrogens is 3. The van der Waals surface area contributed by atoms with E-state index < -0.39 is 0 Å². The number of hydrogen-bond donors (Lipinski definition) is 0. The summed E-state index contributed by atoms with van der Waals surface area (Å²) in [5.74, 6) is 1.17. The van der Waals surface area contributed by atoms with Gasteiger partial charge in [-0.2, -0.15) is 0 Å². The highest BCUT2D eigenvalue weighted by atomic mass is 79.9. The summed E-state index contributed by atoms with van der Waals surface area (Å²) < 4.78 is 16.1. The van der Waals surface area contributed by atoms with Crippen LogP contribution in [0.2, 0.25) is 0 Å². The van der Waals surface area contributed by atoms with E-state index >= 15 is 0 Å². The number of halogens is 3. The highest BCUT2D eigenvalue weighted by Gasteiger charge is 2.24. The van der Waals surface area contributed by atoms with Crippen molar-refractivity contribution in [3.63, 3.8) is 0 Å². The largest absolute Gasteiger partial charge is 0.305 e. The summed E-state index contributed by atoms with van der Waals surface area (Å²) >= 11 is 6.69. The summed E-state index contributed by atoms with van der Waals surface area (Å²) in [6.07, 6.45) is 0. The molecule has 0 aliphatic rings. The van der Waals surface area contributed by atoms with Crippen LogP contribution in [-0.4, -0.2) is 14.8 Å². The van der Waals surface area contributed by atoms with E-state index in [-0.39, 0.29) is 11.4 Å². The summed E-state index contributed by atoms with van der Waals surface area (Å²) in [4.78, 5) is 0. The molecule has 0 atom stereocenters. The summed E-state index contributed by atoms with van der Waals surface area (Å²) in [7, 11) is 0. The molecule has 1 aromatic heterocycles. The maximum atomic E-state index is 13.7. The van der Waals surface area contributed by atoms with Gasteiger partial charge in [-0.05, 0) is 48.8 Å². The Morgan fingerprint density at radius 3 is 2.53 bits per heavy atom. The van der Waals surface area contributed by atoms with Crippen LogP contribution in [0.1, 0.15) is 26.6 Å². The molecule has 0 radical (unpaired) electrons. The van der Waals surface area contributed by atoms with Gasteiger partial charge in [-0.1, -0.05) is 22.0 Å². The smallest absolute Gasteiger partial charge is 0.165 e. The quantitative estimate of drug-likeness (QED) is 0.707. The van der Waals surface area contributed by atoms with Gasteiger partial charge >= 0.3 is 0 Å². The van der Waals surface area contributed by atoms with Crippen molar-refractivity contribution in [2.45, 2.75) is 31.6 Å². The van der Waals surface area contributed by atoms with E-state index in [1.54, 1.807) is 6.07 Å². The van der Waals surface area contributed by atoms with Crippen LogP contribution in [0.15, 0.2) is 22.7 Å². The van der Waals surface area contributed by atoms with Gasteiger partial charge in [0.15, 0.2) is 5.82 Å². The highest BCUT2D eigenvalue weighted by Crippen LogP contribution is 2.32. The molecule has 3 nitrogen and oxygen atoms in total. The van der Waals surface area contributed by atoms with Gasteiger partial charge in [0.1, 0.15) is 11.6 Å². The molecule has 0 saturated heterocycles. The van der Waals surface area contributed by atoms with Gasteiger partial charge in [-0.3, -0.25) is 0 Å². The Morgan fingerprint density at radius 1 is 1.26 bits per heavy atom. The number of rotatable bonds is 2. The third kappa shape index (κ3) is 2.74. The molecule has 6 heteroatoms. The summed E-state index contributed by atoms with van der Waals surface area (Å²) in [5.41, 5.74) is 0.517. The Morgan fingerprint density at radius 2 is 1.95 bits per heavy atom. The molecule has 0 unspecified atom stereocenters. The standard InChI is InChI=1S/C13H14Br2FN3/c1-13(2,3)19-10(7-14)17-18-12(19)8-5-4-6-9(16)11(8)15/h4-6H,7H2,1-3H3. The topological polar surface area (TPSA) is 30.7 Å². The van der Waals surface area contributed by atoms with Crippen LogP contribution >= 0.6 is 31.9 Å². The van der Waals surface area contributed by atoms with Gasteiger partial charge < -0.3 is 4.57 Å². The fraction of sp³-hybridized carbons (Fsp3) is 0.385. The lowest BCUT2D eigenvalue weighted by Gasteiger charge is -2.25. The molecule has 0 bridgehead atoms. The molecule has 0 aliphatic heterocycles. The third-order valence-electron chi connectivity index (χ3n) is 2.71. The van der Waals surface area contributed by atoms with Crippen LogP contribution in [0.4, 0.5) is 4.39 Å². The zero-order valence-corrected chi connectivity index (χ0v) is 14.1. The lowest BCUT2D eigenvalue weighted by Crippen LogP contribution is -2.24. The monoisotopic (exact) mass is 389 g/mol. The Hall–Kier alpha value is -0.750. The highest BCUT2D eigenvalue weighted by molar-refractivity contribution is 9.10. The van der Waals surface area contributed by atoms with Gasteiger partial charge in [0.05, 0.1) is 9.80 Å². The van der Waals surface area contributed by atoms with E-state index in [9.17, 15) is 4.39 Å². The Labute approximate surface area is 128 Å². The summed E-state index contributed by atoms with van der Waals surface area (Å²) in [6.45, 7) is 6.21. The van der Waals surface area contributed by atoms with Crippen LogP contribution in [0.3, 0.4) is 0 Å². The van der Waals surface area contributed by atoms with Crippen molar-refractivity contribution in [2.75, 3.05) is 0 Å². The lowest BCUT2D eigenvalue weighted by molar-refractivity contribution is 0.390. The van der Waals surface area contributed by atoms with E-state index in [4.69, 9.17) is 0 Å². The zero-order chi connectivity index (χ0) is 14.2. The molecule has 0 aliphatic carbocycles. The lowest BCUT2D eigenvalue weighted by atomic mass is 10.1. The maximum absolute atomic E-state index is 13.7. The van der Waals surface area contributed by atoms with Crippen molar-refractivity contribution >= 4 is 31.9 Å². The van der Waals surface area contributed by atoms with Crippen LogP contribution < -0.4 is 0 Å². The SMILES string of the molecule is CC(C)(C)n1c(CBr)nnc1-c1cccc(F)c1Br. The average Bonchev–Trinajstić information content (AvgIpc) is 2.76. The second-order valence-electron chi connectivity index (χ2n) is 5.18. The van der Waals surface area contributed by atoms with Crippen molar-refractivity contribution in [3.8, 4) is 11.4 Å². The molecule has 0 N–H and O–H groups in total. The normalized spacial score (nSPS) is 11.9. The average molecular weight is 391 g/mol. The molecule has 19 heavy (non-hydrogen) atoms. The first-order chi connectivity index (χ1) is 8.86. The van der Waals surface area contributed by atoms with Crippen molar-refractivity contribution < 1.29 is 4.39 Å². The van der Waals surface area contributed by atoms with Crippen LogP contribution in [-0.2, 0) is 10.9 Å². The number of alkyl halides is 1. The minimum Gasteiger partial charge on any atom is -0.305 e. The van der Waals surface area contributed by atoms with Crippen molar-refractivity contribution in [1.82, 2.24) is 14.8 Å². The van der Waals surface area contributed by atoms with E-state index in [2.05, 4.69) is 62.8 Å². The molecule has 2 aromatic rings. The van der Waals surface area contributed by atoms with Crippen LogP contribution in [0.25, 0.3) is 11.4 Å². The molecule has 1 aromatic carbocycles. The molecule has 0 spiro atoms. The Balaban J connectivity index is 2.70. The second-order valence-corrected chi connectivity index (χ2v) is 6.53. The molecule has 0 saturated carbocycles. The number of nitrogens with zero attached hydrogens (tertiary/aromatic N) is 3. The summed E-state index contributed by atoms with van der Waals surface area (Å²) in [6, 6.07) is 4.92. The first kappa shape index (κ1) is 14.7. The summed E-state index contributed by atoms with van der Waals surface area (Å²) in [5, 5.41) is 8.98. The predicted molar refractivity (Wildman–Crippen MR) is 80.7 cm³/mol. The van der Waals surface area contributed by atoms with E-state index in [1.165, 1.54) is 6.07 Å². The molecular weight excluding hydrogens is 377 g/mol. The van der Waals surface area contributed by atoms with Gasteiger partial charge in [0.25, 0.3) is 0 Å². The third-order valence-corrected chi connectivity index (χ3v) is 4.02. The Kier molecular flexibility index (Phi) is 4.11. The predicted octanol–water partition coefficient (Wildman–Crippen LogP) is 4.50. The molecule has 0 amide bonds. The molecule has 0 fully saturated rings. The van der Waals surface area contributed by atoms with Crippen molar-refractivity contribution in [1.29, 1.82) is 0 Å². The van der Waals surface area contributed by atoms with Crippen LogP contribution in [0, 0.1) is 5.82 Å². The fourth-order valence-corrected chi connectivity index (χ4v) is 2.76. The van der Waals surface area contributed by atoms with Crippen molar-refractivity contribution in [2.24, 2.45) is 0 Å². The van der Waals surface area contributed by atoms with Crippen molar-refractivity contribution in [3.05, 3.63) is 34.3 Å². The minimum absolute atomic E-state index is 0.187. The van der Waals surface area contributed by atoms with Gasteiger partial charge in [-0.25, -0.2) is 4.39 Å². The fourth-order valence-electron chi connectivity index (χ4n) is 1.96. The molecule has 102 valence electrons. The molecule has 2 rings (SSSR count). The number of hydrogen-bond acceptors (Lipinski definition) is 2. The first-order valence-electron chi connectivity index (χ1n) is 5.81. The minimum atomic E-state index is -0.304. The van der Waals surface area contributed by atoms with E-state index in [1.807, 2.05) is 10.6 Å². The van der Waals surface area contributed by atoms with E-state index in [0.717, 1.165) is 5.82 Å². The Bertz CT molecular complexity index is 602. The van der Waals surface area contributed by atoms with Gasteiger partial charge in [0.2, 0.25) is 0 Å². The number of benzene rings is 1. The van der Waals surface area contributed by atoms with Gasteiger partial charge in [-0.15, -0.1) is 10.2 Å². The molecule has 1 heterocycles. The van der Waals surface area contributed by atoms with E-state index in [0.29, 0.717) is 21.2 Å². The first-order valence-corrected chi connectivity index (χ1v) is 7.73. The zero-order valence-electron chi connectivity index (χ0n) is 10.9. The van der Waals surface area contributed by atoms with Crippen LogP contribution in [0.5, 0.6) is 0 Å². The second kappa shape index (κ2) is 5.32. The maximum Gasteiger partial charge on any atom is 0.165 e. The molecular formula is C13H14Br2FN3. The van der Waals surface area contributed by atoms with Gasteiger partial charge in [0, 0.05) is 11.1 Å².